The molecule has 1 fully saturated rings. The van der Waals surface area contributed by atoms with Crippen molar-refractivity contribution >= 4 is 17.7 Å². The summed E-state index contributed by atoms with van der Waals surface area (Å²) in [5, 5.41) is 2.91. The highest BCUT2D eigenvalue weighted by molar-refractivity contribution is 5.90. The summed E-state index contributed by atoms with van der Waals surface area (Å²) in [7, 11) is 3.11. The van der Waals surface area contributed by atoms with Crippen LogP contribution in [0.15, 0.2) is 48.5 Å². The molecular formula is C24H30N2O5. The van der Waals surface area contributed by atoms with Crippen molar-refractivity contribution in [1.82, 2.24) is 4.90 Å². The summed E-state index contributed by atoms with van der Waals surface area (Å²) in [6, 6.07) is 14.8. The molecule has 0 spiro atoms. The van der Waals surface area contributed by atoms with Crippen LogP contribution in [-0.4, -0.2) is 50.8 Å². The second-order valence-corrected chi connectivity index (χ2v) is 7.69. The Hall–Kier alpha value is -3.22. The molecule has 7 nitrogen and oxygen atoms in total. The van der Waals surface area contributed by atoms with Crippen LogP contribution < -0.4 is 14.8 Å². The SMILES string of the molecule is CCOC(=O)C1(Cc2ccccc2)CCCN(C(=O)Nc2ccc(OC)c(OC)c2)C1. The maximum absolute atomic E-state index is 13.0. The number of likely N-dealkylation sites (tertiary alicyclic amines) is 1. The van der Waals surface area contributed by atoms with E-state index < -0.39 is 5.41 Å². The minimum atomic E-state index is -0.759. The van der Waals surface area contributed by atoms with Crippen molar-refractivity contribution in [2.75, 3.05) is 39.2 Å². The van der Waals surface area contributed by atoms with Crippen LogP contribution >= 0.6 is 0 Å². The van der Waals surface area contributed by atoms with E-state index in [2.05, 4.69) is 5.32 Å². The van der Waals surface area contributed by atoms with Crippen molar-refractivity contribution in [3.05, 3.63) is 54.1 Å². The Morgan fingerprint density at radius 2 is 1.81 bits per heavy atom. The average Bonchev–Trinajstić information content (AvgIpc) is 2.80. The number of carbonyl (C=O) groups is 2. The summed E-state index contributed by atoms with van der Waals surface area (Å²) in [6.07, 6.45) is 1.94. The topological polar surface area (TPSA) is 77.1 Å². The van der Waals surface area contributed by atoms with Crippen molar-refractivity contribution in [2.45, 2.75) is 26.2 Å². The molecule has 1 heterocycles. The Bertz CT molecular complexity index is 902. The zero-order valence-corrected chi connectivity index (χ0v) is 18.3. The van der Waals surface area contributed by atoms with E-state index in [-0.39, 0.29) is 12.0 Å². The Labute approximate surface area is 183 Å². The molecule has 1 aliphatic rings. The molecule has 1 unspecified atom stereocenters. The van der Waals surface area contributed by atoms with Crippen molar-refractivity contribution in [1.29, 1.82) is 0 Å². The van der Waals surface area contributed by atoms with E-state index in [1.165, 1.54) is 0 Å². The van der Waals surface area contributed by atoms with Crippen molar-refractivity contribution in [3.63, 3.8) is 0 Å². The predicted molar refractivity (Wildman–Crippen MR) is 119 cm³/mol. The highest BCUT2D eigenvalue weighted by Crippen LogP contribution is 2.36. The van der Waals surface area contributed by atoms with Gasteiger partial charge in [0.25, 0.3) is 0 Å². The first kappa shape index (κ1) is 22.5. The van der Waals surface area contributed by atoms with Gasteiger partial charge in [0.1, 0.15) is 0 Å². The number of nitrogens with zero attached hydrogens (tertiary/aromatic N) is 1. The first-order chi connectivity index (χ1) is 15.0. The second kappa shape index (κ2) is 10.2. The third-order valence-corrected chi connectivity index (χ3v) is 5.59. The number of benzene rings is 2. The molecule has 0 aromatic heterocycles. The number of piperidine rings is 1. The van der Waals surface area contributed by atoms with Crippen LogP contribution in [0.1, 0.15) is 25.3 Å². The molecule has 31 heavy (non-hydrogen) atoms. The number of urea groups is 1. The summed E-state index contributed by atoms with van der Waals surface area (Å²) in [4.78, 5) is 27.7. The number of anilines is 1. The minimum Gasteiger partial charge on any atom is -0.493 e. The molecule has 0 aliphatic carbocycles. The van der Waals surface area contributed by atoms with Gasteiger partial charge < -0.3 is 24.4 Å². The molecule has 0 radical (unpaired) electrons. The number of amides is 2. The normalized spacial score (nSPS) is 18.2. The number of ether oxygens (including phenoxy) is 3. The van der Waals surface area contributed by atoms with Gasteiger partial charge in [-0.1, -0.05) is 30.3 Å². The minimum absolute atomic E-state index is 0.248. The summed E-state index contributed by atoms with van der Waals surface area (Å²) < 4.78 is 16.0. The lowest BCUT2D eigenvalue weighted by Gasteiger charge is -2.41. The molecule has 0 bridgehead atoms. The van der Waals surface area contributed by atoms with Gasteiger partial charge in [-0.3, -0.25) is 4.79 Å². The molecular weight excluding hydrogens is 396 g/mol. The Morgan fingerprint density at radius 1 is 1.06 bits per heavy atom. The van der Waals surface area contributed by atoms with Gasteiger partial charge >= 0.3 is 12.0 Å². The number of esters is 1. The summed E-state index contributed by atoms with van der Waals surface area (Å²) in [5.74, 6) is 0.869. The number of hydrogen-bond acceptors (Lipinski definition) is 5. The van der Waals surface area contributed by atoms with E-state index in [4.69, 9.17) is 14.2 Å². The van der Waals surface area contributed by atoms with Crippen LogP contribution in [0.25, 0.3) is 0 Å². The largest absolute Gasteiger partial charge is 0.493 e. The highest BCUT2D eigenvalue weighted by Gasteiger charge is 2.44. The number of carbonyl (C=O) groups excluding carboxylic acids is 2. The van der Waals surface area contributed by atoms with E-state index in [1.54, 1.807) is 44.2 Å². The molecule has 166 valence electrons. The zero-order valence-electron chi connectivity index (χ0n) is 18.3. The van der Waals surface area contributed by atoms with Gasteiger partial charge in [-0.05, 0) is 43.9 Å². The van der Waals surface area contributed by atoms with E-state index in [9.17, 15) is 9.59 Å². The molecule has 0 saturated carbocycles. The lowest BCUT2D eigenvalue weighted by atomic mass is 9.75. The molecule has 1 saturated heterocycles. The Balaban J connectivity index is 1.78. The maximum atomic E-state index is 13.0. The predicted octanol–water partition coefficient (Wildman–Crippen LogP) is 4.12. The lowest BCUT2D eigenvalue weighted by Crippen LogP contribution is -2.52. The fourth-order valence-electron chi connectivity index (χ4n) is 4.08. The monoisotopic (exact) mass is 426 g/mol. The van der Waals surface area contributed by atoms with Crippen LogP contribution in [0.3, 0.4) is 0 Å². The number of hydrogen-bond donors (Lipinski definition) is 1. The van der Waals surface area contributed by atoms with Crippen LogP contribution in [0.5, 0.6) is 11.5 Å². The summed E-state index contributed by atoms with van der Waals surface area (Å²) >= 11 is 0. The summed E-state index contributed by atoms with van der Waals surface area (Å²) in [5.41, 5.74) is 0.889. The summed E-state index contributed by atoms with van der Waals surface area (Å²) in [6.45, 7) is 3.00. The molecule has 2 amide bonds. The van der Waals surface area contributed by atoms with Crippen LogP contribution in [0, 0.1) is 5.41 Å². The maximum Gasteiger partial charge on any atom is 0.321 e. The Kier molecular flexibility index (Phi) is 7.39. The molecule has 1 aliphatic heterocycles. The van der Waals surface area contributed by atoms with E-state index >= 15 is 0 Å². The van der Waals surface area contributed by atoms with Gasteiger partial charge in [0, 0.05) is 24.8 Å². The standard InChI is InChI=1S/C24H30N2O5/c1-4-31-22(27)24(16-18-9-6-5-7-10-18)13-8-14-26(17-24)23(28)25-19-11-12-20(29-2)21(15-19)30-3/h5-7,9-12,15H,4,8,13-14,16-17H2,1-3H3,(H,25,28). The molecule has 3 rings (SSSR count). The van der Waals surface area contributed by atoms with Crippen LogP contribution in [-0.2, 0) is 16.0 Å². The molecule has 2 aromatic rings. The number of nitrogens with one attached hydrogen (secondary N) is 1. The Morgan fingerprint density at radius 3 is 2.48 bits per heavy atom. The van der Waals surface area contributed by atoms with Crippen LogP contribution in [0.2, 0.25) is 0 Å². The smallest absolute Gasteiger partial charge is 0.321 e. The number of rotatable bonds is 7. The fraction of sp³-hybridized carbons (Fsp3) is 0.417. The lowest BCUT2D eigenvalue weighted by molar-refractivity contribution is -0.158. The highest BCUT2D eigenvalue weighted by atomic mass is 16.5. The number of methoxy groups -OCH3 is 2. The first-order valence-electron chi connectivity index (χ1n) is 10.5. The van der Waals surface area contributed by atoms with Gasteiger partial charge in [-0.25, -0.2) is 4.79 Å². The first-order valence-corrected chi connectivity index (χ1v) is 10.5. The second-order valence-electron chi connectivity index (χ2n) is 7.69. The molecule has 7 heteroatoms. The van der Waals surface area contributed by atoms with Crippen molar-refractivity contribution < 1.29 is 23.8 Å². The van der Waals surface area contributed by atoms with E-state index in [1.807, 2.05) is 30.3 Å². The molecule has 1 atom stereocenters. The van der Waals surface area contributed by atoms with E-state index in [0.717, 1.165) is 12.0 Å². The van der Waals surface area contributed by atoms with Crippen LogP contribution in [0.4, 0.5) is 10.5 Å². The van der Waals surface area contributed by atoms with Crippen molar-refractivity contribution in [3.8, 4) is 11.5 Å². The van der Waals surface area contributed by atoms with Crippen molar-refractivity contribution in [2.24, 2.45) is 5.41 Å². The zero-order chi connectivity index (χ0) is 22.3. The van der Waals surface area contributed by atoms with Gasteiger partial charge in [-0.15, -0.1) is 0 Å². The van der Waals surface area contributed by atoms with E-state index in [0.29, 0.717) is 49.7 Å². The average molecular weight is 427 g/mol. The van der Waals surface area contributed by atoms with Gasteiger partial charge in [0.15, 0.2) is 11.5 Å². The quantitative estimate of drug-likeness (QED) is 0.674. The molecule has 2 aromatic carbocycles. The van der Waals surface area contributed by atoms with Gasteiger partial charge in [0.2, 0.25) is 0 Å². The van der Waals surface area contributed by atoms with Gasteiger partial charge in [0.05, 0.1) is 26.2 Å². The third-order valence-electron chi connectivity index (χ3n) is 5.59. The fourth-order valence-corrected chi connectivity index (χ4v) is 4.08. The van der Waals surface area contributed by atoms with Gasteiger partial charge in [-0.2, -0.15) is 0 Å². The molecule has 1 N–H and O–H groups in total. The third kappa shape index (κ3) is 5.29.